The van der Waals surface area contributed by atoms with Gasteiger partial charge in [0.2, 0.25) is 0 Å². The Kier molecular flexibility index (Phi) is 13.9. The zero-order chi connectivity index (χ0) is 17.5. The first-order valence-electron chi connectivity index (χ1n) is 6.64. The number of hydrogen-bond donors (Lipinski definition) is 1. The number of benzene rings is 2. The van der Waals surface area contributed by atoms with Gasteiger partial charge < -0.3 is 9.84 Å². The second-order valence-electron chi connectivity index (χ2n) is 3.97. The summed E-state index contributed by atoms with van der Waals surface area (Å²) < 4.78 is 7.31. The second kappa shape index (κ2) is 14.5. The lowest BCUT2D eigenvalue weighted by Gasteiger charge is -2.01. The molecule has 0 aliphatic rings. The van der Waals surface area contributed by atoms with Gasteiger partial charge in [0.1, 0.15) is 18.1 Å². The van der Waals surface area contributed by atoms with E-state index in [1.54, 1.807) is 36.4 Å². The lowest BCUT2D eigenvalue weighted by atomic mass is 10.3. The predicted octanol–water partition coefficient (Wildman–Crippen LogP) is 6.74. The lowest BCUT2D eigenvalue weighted by Crippen LogP contribution is -1.91. The molecule has 23 heavy (non-hydrogen) atoms. The van der Waals surface area contributed by atoms with Crippen molar-refractivity contribution in [2.45, 2.75) is 0 Å². The van der Waals surface area contributed by atoms with E-state index in [1.165, 1.54) is 0 Å². The van der Waals surface area contributed by atoms with Crippen LogP contribution >= 0.6 is 47.8 Å². The highest BCUT2D eigenvalue weighted by Gasteiger charge is 1.89. The first-order chi connectivity index (χ1) is 11.0. The van der Waals surface area contributed by atoms with E-state index in [2.05, 4.69) is 60.9 Å². The molecule has 0 heterocycles. The Balaban J connectivity index is 0.000000354. The van der Waals surface area contributed by atoms with Gasteiger partial charge in [-0.2, -0.15) is 0 Å². The molecule has 0 radical (unpaired) electrons. The summed E-state index contributed by atoms with van der Waals surface area (Å²) in [6, 6.07) is 14.5. The van der Waals surface area contributed by atoms with Crippen molar-refractivity contribution in [3.05, 3.63) is 82.8 Å². The molecule has 1 N–H and O–H groups in total. The van der Waals surface area contributed by atoms with Gasteiger partial charge in [0.05, 0.1) is 0 Å². The van der Waals surface area contributed by atoms with Crippen LogP contribution in [0.2, 0.25) is 0 Å². The molecule has 0 aromatic heterocycles. The number of rotatable bonds is 4. The molecule has 0 spiro atoms. The first-order valence-corrected chi connectivity index (χ1v) is 9.34. The van der Waals surface area contributed by atoms with Gasteiger partial charge in [0.25, 0.3) is 0 Å². The topological polar surface area (TPSA) is 29.5 Å². The number of allylic oxidation sites excluding steroid dienone is 1. The maximum absolute atomic E-state index is 8.74. The molecule has 2 aromatic carbocycles. The van der Waals surface area contributed by atoms with Crippen molar-refractivity contribution in [2.75, 3.05) is 11.9 Å². The molecule has 0 saturated carbocycles. The van der Waals surface area contributed by atoms with Crippen molar-refractivity contribution >= 4 is 47.8 Å². The smallest absolute Gasteiger partial charge is 0.119 e. The van der Waals surface area contributed by atoms with Crippen LogP contribution in [0.5, 0.6) is 11.5 Å². The molecule has 0 aliphatic carbocycles. The number of aromatic hydroxyl groups is 1. The second-order valence-corrected chi connectivity index (χ2v) is 6.45. The normalized spacial score (nSPS) is 8.65. The molecule has 124 valence electrons. The third-order valence-corrected chi connectivity index (χ3v) is 3.63. The fourth-order valence-corrected chi connectivity index (χ4v) is 1.66. The minimum absolute atomic E-state index is 0.299. The van der Waals surface area contributed by atoms with Crippen LogP contribution in [0.4, 0.5) is 0 Å². The molecule has 0 amide bonds. The maximum atomic E-state index is 8.74. The van der Waals surface area contributed by atoms with Crippen molar-refractivity contribution in [1.29, 1.82) is 0 Å². The molecule has 0 unspecified atom stereocenters. The van der Waals surface area contributed by atoms with Crippen LogP contribution in [0.15, 0.2) is 82.8 Å². The Morgan fingerprint density at radius 2 is 1.30 bits per heavy atom. The van der Waals surface area contributed by atoms with Gasteiger partial charge in [-0.3, -0.25) is 0 Å². The molecular formula is C18H19Br3O2. The summed E-state index contributed by atoms with van der Waals surface area (Å²) >= 11 is 9.70. The molecule has 5 heteroatoms. The molecule has 0 aliphatic heterocycles. The Hall–Kier alpha value is -1.04. The number of halogens is 3. The number of phenolic OH excluding ortho intramolecular Hbond substituents is 1. The minimum atomic E-state index is 0.299. The quantitative estimate of drug-likeness (QED) is 0.367. The van der Waals surface area contributed by atoms with Crippen LogP contribution in [0.25, 0.3) is 0 Å². The van der Waals surface area contributed by atoms with Crippen LogP contribution in [-0.4, -0.2) is 17.0 Å². The highest BCUT2D eigenvalue weighted by molar-refractivity contribution is 9.10. The largest absolute Gasteiger partial charge is 0.508 e. The molecular weight excluding hydrogens is 488 g/mol. The average molecular weight is 507 g/mol. The summed E-state index contributed by atoms with van der Waals surface area (Å²) in [5.74, 6) is 1.17. The van der Waals surface area contributed by atoms with E-state index in [1.807, 2.05) is 24.3 Å². The number of alkyl halides is 1. The summed E-state index contributed by atoms with van der Waals surface area (Å²) in [6.07, 6.45) is 3.52. The van der Waals surface area contributed by atoms with Crippen LogP contribution in [0, 0.1) is 0 Å². The SMILES string of the molecule is C=CCBr.C=CCOc1ccc(Br)cc1.Oc1ccc(Br)cc1. The highest BCUT2D eigenvalue weighted by atomic mass is 79.9. The van der Waals surface area contributed by atoms with Crippen LogP contribution in [0.1, 0.15) is 0 Å². The Morgan fingerprint density at radius 3 is 1.65 bits per heavy atom. The molecule has 2 rings (SSSR count). The number of ether oxygens (including phenoxy) is 1. The van der Waals surface area contributed by atoms with E-state index < -0.39 is 0 Å². The van der Waals surface area contributed by atoms with Gasteiger partial charge in [-0.1, -0.05) is 66.5 Å². The third-order valence-electron chi connectivity index (χ3n) is 2.12. The Morgan fingerprint density at radius 1 is 0.870 bits per heavy atom. The van der Waals surface area contributed by atoms with Gasteiger partial charge in [-0.05, 0) is 48.5 Å². The van der Waals surface area contributed by atoms with Crippen LogP contribution < -0.4 is 4.74 Å². The number of hydrogen-bond acceptors (Lipinski definition) is 2. The van der Waals surface area contributed by atoms with Crippen molar-refractivity contribution in [1.82, 2.24) is 0 Å². The standard InChI is InChI=1S/C9H9BrO.C6H5BrO.C3H5Br/c1-2-7-11-9-5-3-8(10)4-6-9;7-5-1-3-6(8)4-2-5;1-2-3-4/h2-6H,1,7H2;1-4,8H;2H,1,3H2. The summed E-state index contributed by atoms with van der Waals surface area (Å²) in [5.41, 5.74) is 0. The van der Waals surface area contributed by atoms with E-state index in [0.29, 0.717) is 12.4 Å². The van der Waals surface area contributed by atoms with E-state index in [-0.39, 0.29) is 0 Å². The Labute approximate surface area is 163 Å². The van der Waals surface area contributed by atoms with Crippen molar-refractivity contribution in [3.63, 3.8) is 0 Å². The molecule has 2 aromatic rings. The van der Waals surface area contributed by atoms with E-state index in [4.69, 9.17) is 9.84 Å². The summed E-state index contributed by atoms with van der Waals surface area (Å²) in [7, 11) is 0. The first kappa shape index (κ1) is 22.0. The van der Waals surface area contributed by atoms with Crippen LogP contribution in [0.3, 0.4) is 0 Å². The molecule has 2 nitrogen and oxygen atoms in total. The lowest BCUT2D eigenvalue weighted by molar-refractivity contribution is 0.363. The van der Waals surface area contributed by atoms with Gasteiger partial charge in [0, 0.05) is 14.3 Å². The van der Waals surface area contributed by atoms with Crippen molar-refractivity contribution < 1.29 is 9.84 Å². The van der Waals surface area contributed by atoms with Gasteiger partial charge in [-0.25, -0.2) is 0 Å². The maximum Gasteiger partial charge on any atom is 0.119 e. The molecule has 0 bridgehead atoms. The van der Waals surface area contributed by atoms with E-state index in [0.717, 1.165) is 20.0 Å². The third kappa shape index (κ3) is 13.1. The average Bonchev–Trinajstić information content (AvgIpc) is 2.58. The molecule has 0 saturated heterocycles. The highest BCUT2D eigenvalue weighted by Crippen LogP contribution is 2.15. The van der Waals surface area contributed by atoms with E-state index in [9.17, 15) is 0 Å². The fourth-order valence-electron chi connectivity index (χ4n) is 1.13. The predicted molar refractivity (Wildman–Crippen MR) is 110 cm³/mol. The fraction of sp³-hybridized carbons (Fsp3) is 0.111. The zero-order valence-electron chi connectivity index (χ0n) is 12.6. The van der Waals surface area contributed by atoms with Crippen molar-refractivity contribution in [3.8, 4) is 11.5 Å². The van der Waals surface area contributed by atoms with Gasteiger partial charge in [-0.15, -0.1) is 6.58 Å². The Bertz CT molecular complexity index is 530. The number of phenols is 1. The van der Waals surface area contributed by atoms with Crippen LogP contribution in [-0.2, 0) is 0 Å². The summed E-state index contributed by atoms with van der Waals surface area (Å²) in [4.78, 5) is 0. The monoisotopic (exact) mass is 504 g/mol. The zero-order valence-corrected chi connectivity index (χ0v) is 17.3. The summed E-state index contributed by atoms with van der Waals surface area (Å²) in [5, 5.41) is 9.63. The van der Waals surface area contributed by atoms with E-state index >= 15 is 0 Å². The minimum Gasteiger partial charge on any atom is -0.508 e. The van der Waals surface area contributed by atoms with Gasteiger partial charge in [0.15, 0.2) is 0 Å². The molecule has 0 atom stereocenters. The summed E-state index contributed by atoms with van der Waals surface area (Å²) in [6.45, 7) is 7.55. The van der Waals surface area contributed by atoms with Crippen molar-refractivity contribution in [2.24, 2.45) is 0 Å². The molecule has 0 fully saturated rings. The van der Waals surface area contributed by atoms with Gasteiger partial charge >= 0.3 is 0 Å².